The number of nitrogens with one attached hydrogen (secondary N) is 1. The van der Waals surface area contributed by atoms with Crippen LogP contribution in [0.25, 0.3) is 0 Å². The monoisotopic (exact) mass is 296 g/mol. The van der Waals surface area contributed by atoms with Crippen LogP contribution in [-0.4, -0.2) is 43.0 Å². The molecular formula is C16H28N2O3. The van der Waals surface area contributed by atoms with Crippen molar-refractivity contribution >= 4 is 12.3 Å². The maximum absolute atomic E-state index is 12.4. The molecule has 0 bridgehead atoms. The average molecular weight is 296 g/mol. The molecule has 0 aromatic heterocycles. The first-order chi connectivity index (χ1) is 10.2. The van der Waals surface area contributed by atoms with E-state index in [2.05, 4.69) is 12.2 Å². The van der Waals surface area contributed by atoms with Crippen molar-refractivity contribution in [2.45, 2.75) is 46.6 Å². The molecule has 1 unspecified atom stereocenters. The minimum Gasteiger partial charge on any atom is -0.376 e. The third-order valence-electron chi connectivity index (χ3n) is 2.99. The van der Waals surface area contributed by atoms with Crippen LogP contribution < -0.4 is 5.32 Å². The van der Waals surface area contributed by atoms with Crippen molar-refractivity contribution in [3.63, 3.8) is 0 Å². The largest absolute Gasteiger partial charge is 0.376 e. The van der Waals surface area contributed by atoms with Crippen LogP contribution in [0.3, 0.4) is 0 Å². The average Bonchev–Trinajstić information content (AvgIpc) is 2.78. The van der Waals surface area contributed by atoms with Crippen LogP contribution in [0.1, 0.15) is 40.5 Å². The summed E-state index contributed by atoms with van der Waals surface area (Å²) in [6.07, 6.45) is 7.29. The molecule has 0 aromatic rings. The third-order valence-corrected chi connectivity index (χ3v) is 2.99. The van der Waals surface area contributed by atoms with Gasteiger partial charge in [-0.3, -0.25) is 9.59 Å². The highest BCUT2D eigenvalue weighted by atomic mass is 16.5. The van der Waals surface area contributed by atoms with Gasteiger partial charge in [0.2, 0.25) is 6.41 Å². The van der Waals surface area contributed by atoms with Gasteiger partial charge in [-0.2, -0.15) is 0 Å². The minimum atomic E-state index is -0.0728. The second-order valence-corrected chi connectivity index (χ2v) is 4.39. The van der Waals surface area contributed by atoms with E-state index in [1.165, 1.54) is 6.20 Å². The number of carbonyl (C=O) groups is 2. The van der Waals surface area contributed by atoms with Crippen LogP contribution in [0.5, 0.6) is 0 Å². The standard InChI is InChI=1S/C14H22N2O3.C2H6/c1-3-6-12(9-15-11-17)14(18)16-7-5-8-19-13(4-2)10-16;1-2/h3,6,9,11,13H,4-5,7-8,10H2,1-2H3,(H,15,17);1-2H3/b6-3-,12-9+;. The van der Waals surface area contributed by atoms with Crippen LogP contribution in [0.2, 0.25) is 0 Å². The summed E-state index contributed by atoms with van der Waals surface area (Å²) in [5, 5.41) is 2.42. The number of hydrogen-bond acceptors (Lipinski definition) is 3. The summed E-state index contributed by atoms with van der Waals surface area (Å²) < 4.78 is 5.65. The summed E-state index contributed by atoms with van der Waals surface area (Å²) in [6.45, 7) is 9.87. The summed E-state index contributed by atoms with van der Waals surface area (Å²) in [5.74, 6) is -0.0728. The molecule has 0 radical (unpaired) electrons. The first-order valence-electron chi connectivity index (χ1n) is 7.66. The zero-order chi connectivity index (χ0) is 16.1. The van der Waals surface area contributed by atoms with Crippen LogP contribution in [0.15, 0.2) is 23.9 Å². The number of nitrogens with zero attached hydrogens (tertiary/aromatic N) is 1. The van der Waals surface area contributed by atoms with Crippen LogP contribution in [0, 0.1) is 0 Å². The predicted octanol–water partition coefficient (Wildman–Crippen LogP) is 2.25. The van der Waals surface area contributed by atoms with E-state index in [-0.39, 0.29) is 12.0 Å². The zero-order valence-corrected chi connectivity index (χ0v) is 13.6. The van der Waals surface area contributed by atoms with E-state index in [0.717, 1.165) is 12.8 Å². The van der Waals surface area contributed by atoms with Gasteiger partial charge in [-0.05, 0) is 19.8 Å². The highest BCUT2D eigenvalue weighted by Crippen LogP contribution is 2.12. The van der Waals surface area contributed by atoms with E-state index < -0.39 is 0 Å². The van der Waals surface area contributed by atoms with Gasteiger partial charge >= 0.3 is 0 Å². The van der Waals surface area contributed by atoms with Gasteiger partial charge < -0.3 is 15.0 Å². The number of ether oxygens (including phenoxy) is 1. The summed E-state index contributed by atoms with van der Waals surface area (Å²) in [6, 6.07) is 0. The van der Waals surface area contributed by atoms with Gasteiger partial charge in [0.05, 0.1) is 11.7 Å². The van der Waals surface area contributed by atoms with Gasteiger partial charge in [0.1, 0.15) is 0 Å². The summed E-state index contributed by atoms with van der Waals surface area (Å²) in [7, 11) is 0. The molecular weight excluding hydrogens is 268 g/mol. The Balaban J connectivity index is 0.00000191. The maximum Gasteiger partial charge on any atom is 0.255 e. The van der Waals surface area contributed by atoms with Crippen LogP contribution in [-0.2, 0) is 14.3 Å². The highest BCUT2D eigenvalue weighted by molar-refractivity contribution is 5.96. The Morgan fingerprint density at radius 1 is 1.43 bits per heavy atom. The molecule has 21 heavy (non-hydrogen) atoms. The molecule has 0 aromatic carbocycles. The van der Waals surface area contributed by atoms with Gasteiger partial charge in [0, 0.05) is 25.9 Å². The Bertz CT molecular complexity index is 365. The summed E-state index contributed by atoms with van der Waals surface area (Å²) in [4.78, 5) is 24.5. The van der Waals surface area contributed by atoms with Crippen molar-refractivity contribution in [2.24, 2.45) is 0 Å². The lowest BCUT2D eigenvalue weighted by molar-refractivity contribution is -0.127. The first-order valence-corrected chi connectivity index (χ1v) is 7.66. The van der Waals surface area contributed by atoms with Gasteiger partial charge in [0.25, 0.3) is 5.91 Å². The first kappa shape index (κ1) is 19.4. The minimum absolute atomic E-state index is 0.0728. The molecule has 5 heteroatoms. The molecule has 1 N–H and O–H groups in total. The molecule has 1 aliphatic rings. The Kier molecular flexibility index (Phi) is 11.2. The van der Waals surface area contributed by atoms with Gasteiger partial charge in [-0.1, -0.05) is 32.9 Å². The lowest BCUT2D eigenvalue weighted by Crippen LogP contribution is -2.37. The Morgan fingerprint density at radius 2 is 2.14 bits per heavy atom. The van der Waals surface area contributed by atoms with Gasteiger partial charge in [-0.25, -0.2) is 0 Å². The smallest absolute Gasteiger partial charge is 0.255 e. The van der Waals surface area contributed by atoms with Crippen molar-refractivity contribution in [2.75, 3.05) is 19.7 Å². The maximum atomic E-state index is 12.4. The number of carbonyl (C=O) groups excluding carboxylic acids is 2. The Labute approximate surface area is 128 Å². The fourth-order valence-corrected chi connectivity index (χ4v) is 1.99. The molecule has 1 aliphatic heterocycles. The van der Waals surface area contributed by atoms with Crippen molar-refractivity contribution in [3.8, 4) is 0 Å². The van der Waals surface area contributed by atoms with E-state index >= 15 is 0 Å². The molecule has 0 spiro atoms. The molecule has 0 saturated carbocycles. The number of hydrogen-bond donors (Lipinski definition) is 1. The lowest BCUT2D eigenvalue weighted by atomic mass is 10.2. The summed E-state index contributed by atoms with van der Waals surface area (Å²) in [5.41, 5.74) is 0.478. The molecule has 1 fully saturated rings. The molecule has 2 amide bonds. The third kappa shape index (κ3) is 7.09. The molecule has 5 nitrogen and oxygen atoms in total. The van der Waals surface area contributed by atoms with E-state index in [4.69, 9.17) is 4.74 Å². The zero-order valence-electron chi connectivity index (χ0n) is 13.6. The normalized spacial score (nSPS) is 19.5. The second kappa shape index (κ2) is 12.1. The van der Waals surface area contributed by atoms with Crippen molar-refractivity contribution in [3.05, 3.63) is 23.9 Å². The van der Waals surface area contributed by atoms with Crippen molar-refractivity contribution in [1.82, 2.24) is 10.2 Å². The molecule has 1 rings (SSSR count). The van der Waals surface area contributed by atoms with Crippen molar-refractivity contribution in [1.29, 1.82) is 0 Å². The molecule has 1 saturated heterocycles. The molecule has 0 aliphatic carbocycles. The number of rotatable bonds is 5. The van der Waals surface area contributed by atoms with Crippen LogP contribution >= 0.6 is 0 Å². The fourth-order valence-electron chi connectivity index (χ4n) is 1.99. The van der Waals surface area contributed by atoms with E-state index in [1.807, 2.05) is 20.8 Å². The molecule has 1 atom stereocenters. The lowest BCUT2D eigenvalue weighted by Gasteiger charge is -2.23. The fraction of sp³-hybridized carbons (Fsp3) is 0.625. The molecule has 1 heterocycles. The van der Waals surface area contributed by atoms with E-state index in [1.54, 1.807) is 17.1 Å². The Hall–Kier alpha value is -1.62. The number of amides is 2. The summed E-state index contributed by atoms with van der Waals surface area (Å²) >= 11 is 0. The van der Waals surface area contributed by atoms with Gasteiger partial charge in [0.15, 0.2) is 0 Å². The van der Waals surface area contributed by atoms with E-state index in [0.29, 0.717) is 31.7 Å². The second-order valence-electron chi connectivity index (χ2n) is 4.39. The van der Waals surface area contributed by atoms with Crippen molar-refractivity contribution < 1.29 is 14.3 Å². The highest BCUT2D eigenvalue weighted by Gasteiger charge is 2.22. The quantitative estimate of drug-likeness (QED) is 0.481. The predicted molar refractivity (Wildman–Crippen MR) is 84.7 cm³/mol. The van der Waals surface area contributed by atoms with Gasteiger partial charge in [-0.15, -0.1) is 0 Å². The van der Waals surface area contributed by atoms with Crippen LogP contribution in [0.4, 0.5) is 0 Å². The Morgan fingerprint density at radius 3 is 2.71 bits per heavy atom. The van der Waals surface area contributed by atoms with E-state index in [9.17, 15) is 9.59 Å². The SMILES string of the molecule is C/C=C\C(=C/NC=O)C(=O)N1CCCOC(CC)C1.CC. The topological polar surface area (TPSA) is 58.6 Å². The molecule has 120 valence electrons. The number of allylic oxidation sites excluding steroid dienone is 1.